The largest absolute Gasteiger partial charge is 0.474 e. The fourth-order valence-electron chi connectivity index (χ4n) is 3.06. The minimum Gasteiger partial charge on any atom is -0.474 e. The molecule has 2 aromatic heterocycles. The van der Waals surface area contributed by atoms with Crippen LogP contribution in [-0.4, -0.2) is 40.0 Å². The van der Waals surface area contributed by atoms with Gasteiger partial charge < -0.3 is 4.74 Å². The molecule has 1 aliphatic carbocycles. The first-order chi connectivity index (χ1) is 12.6. The molecule has 0 saturated heterocycles. The zero-order valence-electron chi connectivity index (χ0n) is 14.6. The van der Waals surface area contributed by atoms with E-state index in [4.69, 9.17) is 16.3 Å². The number of carbonyl (C=O) groups is 1. The molecule has 4 rings (SSSR count). The summed E-state index contributed by atoms with van der Waals surface area (Å²) in [5.74, 6) is 0.0418. The van der Waals surface area contributed by atoms with Crippen LogP contribution in [0.1, 0.15) is 47.1 Å². The normalized spacial score (nSPS) is 17.5. The van der Waals surface area contributed by atoms with Gasteiger partial charge >= 0.3 is 0 Å². The minimum absolute atomic E-state index is 0.125. The highest BCUT2D eigenvalue weighted by atomic mass is 35.5. The van der Waals surface area contributed by atoms with Gasteiger partial charge in [0.25, 0.3) is 5.91 Å². The molecule has 0 unspecified atom stereocenters. The number of ether oxygens (including phenoxy) is 1. The molecule has 1 N–H and O–H groups in total. The summed E-state index contributed by atoms with van der Waals surface area (Å²) in [7, 11) is 0. The van der Waals surface area contributed by atoms with Crippen LogP contribution in [0.4, 0.5) is 5.13 Å². The summed E-state index contributed by atoms with van der Waals surface area (Å²) in [6.07, 6.45) is 4.17. The van der Waals surface area contributed by atoms with Crippen LogP contribution in [0.2, 0.25) is 5.15 Å². The molecule has 1 fully saturated rings. The molecule has 0 atom stereocenters. The molecule has 2 aromatic rings. The van der Waals surface area contributed by atoms with Gasteiger partial charge in [-0.3, -0.25) is 15.0 Å². The van der Waals surface area contributed by atoms with E-state index in [1.807, 2.05) is 0 Å². The van der Waals surface area contributed by atoms with Gasteiger partial charge in [0.15, 0.2) is 5.13 Å². The first-order valence-electron chi connectivity index (χ1n) is 8.98. The lowest BCUT2D eigenvalue weighted by atomic mass is 9.96. The smallest absolute Gasteiger partial charge is 0.262 e. The Labute approximate surface area is 161 Å². The number of thiazole rings is 1. The summed E-state index contributed by atoms with van der Waals surface area (Å²) in [4.78, 5) is 25.1. The van der Waals surface area contributed by atoms with E-state index in [-0.39, 0.29) is 12.0 Å². The Morgan fingerprint density at radius 2 is 2.27 bits per heavy atom. The summed E-state index contributed by atoms with van der Waals surface area (Å²) in [6.45, 7) is 5.10. The maximum atomic E-state index is 12.7. The van der Waals surface area contributed by atoms with E-state index in [1.54, 1.807) is 23.5 Å². The molecule has 26 heavy (non-hydrogen) atoms. The van der Waals surface area contributed by atoms with Gasteiger partial charge in [-0.2, -0.15) is 0 Å². The number of nitrogens with one attached hydrogen (secondary N) is 1. The van der Waals surface area contributed by atoms with E-state index in [9.17, 15) is 4.79 Å². The molecule has 138 valence electrons. The van der Waals surface area contributed by atoms with Crippen LogP contribution in [0.5, 0.6) is 5.88 Å². The molecule has 1 aliphatic heterocycles. The minimum atomic E-state index is -0.262. The molecular formula is C18H21ClN4O2S. The Morgan fingerprint density at radius 1 is 1.42 bits per heavy atom. The Morgan fingerprint density at radius 3 is 3.00 bits per heavy atom. The predicted molar refractivity (Wildman–Crippen MR) is 102 cm³/mol. The van der Waals surface area contributed by atoms with Crippen molar-refractivity contribution in [3.63, 3.8) is 0 Å². The summed E-state index contributed by atoms with van der Waals surface area (Å²) in [5, 5.41) is 3.85. The van der Waals surface area contributed by atoms with Crippen LogP contribution in [-0.2, 0) is 13.0 Å². The molecular weight excluding hydrogens is 372 g/mol. The van der Waals surface area contributed by atoms with E-state index in [1.165, 1.54) is 4.88 Å². The number of amides is 1. The summed E-state index contributed by atoms with van der Waals surface area (Å²) >= 11 is 7.53. The lowest BCUT2D eigenvalue weighted by Crippen LogP contribution is -2.29. The summed E-state index contributed by atoms with van der Waals surface area (Å²) < 4.78 is 5.85. The van der Waals surface area contributed by atoms with Gasteiger partial charge in [0.1, 0.15) is 16.8 Å². The van der Waals surface area contributed by atoms with Crippen molar-refractivity contribution < 1.29 is 9.53 Å². The molecule has 3 heterocycles. The number of carbonyl (C=O) groups excluding carboxylic acids is 1. The third kappa shape index (κ3) is 3.70. The monoisotopic (exact) mass is 392 g/mol. The topological polar surface area (TPSA) is 67.4 Å². The number of anilines is 1. The summed E-state index contributed by atoms with van der Waals surface area (Å²) in [5.41, 5.74) is 1.49. The van der Waals surface area contributed by atoms with Crippen LogP contribution in [0.3, 0.4) is 0 Å². The van der Waals surface area contributed by atoms with Crippen molar-refractivity contribution in [1.29, 1.82) is 0 Å². The molecule has 0 bridgehead atoms. The van der Waals surface area contributed by atoms with E-state index >= 15 is 0 Å². The third-order valence-electron chi connectivity index (χ3n) is 4.88. The van der Waals surface area contributed by atoms with Crippen LogP contribution in [0.15, 0.2) is 12.1 Å². The number of nitrogens with zero attached hydrogens (tertiary/aromatic N) is 3. The van der Waals surface area contributed by atoms with Crippen LogP contribution in [0.25, 0.3) is 0 Å². The number of likely N-dealkylation sites (N-methyl/N-ethyl adjacent to an activating group) is 1. The van der Waals surface area contributed by atoms with Crippen molar-refractivity contribution in [2.75, 3.05) is 18.4 Å². The molecule has 1 amide bonds. The van der Waals surface area contributed by atoms with Crippen molar-refractivity contribution in [2.24, 2.45) is 0 Å². The number of hydrogen-bond donors (Lipinski definition) is 1. The van der Waals surface area contributed by atoms with Crippen molar-refractivity contribution in [3.05, 3.63) is 33.4 Å². The number of halogens is 1. The molecule has 1 saturated carbocycles. The second-order valence-corrected chi connectivity index (χ2v) is 8.09. The van der Waals surface area contributed by atoms with E-state index in [2.05, 4.69) is 27.1 Å². The maximum Gasteiger partial charge on any atom is 0.262 e. The highest BCUT2D eigenvalue weighted by Crippen LogP contribution is 2.30. The van der Waals surface area contributed by atoms with Gasteiger partial charge in [-0.15, -0.1) is 11.3 Å². The standard InChI is InChI=1S/C18H21ClN4O2S/c1-2-23-9-8-13-14(10-23)26-18(20-13)22-16(24)12-6-7-15(19)21-17(12)25-11-4-3-5-11/h6-7,11H,2-5,8-10H2,1H3,(H,20,22,24). The SMILES string of the molecule is CCN1CCc2nc(NC(=O)c3ccc(Cl)nc3OC3CCC3)sc2C1. The lowest BCUT2D eigenvalue weighted by Gasteiger charge is -2.26. The first kappa shape index (κ1) is 17.7. The molecule has 6 nitrogen and oxygen atoms in total. The van der Waals surface area contributed by atoms with Gasteiger partial charge in [0.05, 0.1) is 5.69 Å². The van der Waals surface area contributed by atoms with E-state index < -0.39 is 0 Å². The first-order valence-corrected chi connectivity index (χ1v) is 10.2. The molecule has 0 aromatic carbocycles. The molecule has 2 aliphatic rings. The fourth-order valence-corrected chi connectivity index (χ4v) is 4.25. The van der Waals surface area contributed by atoms with Gasteiger partial charge in [0.2, 0.25) is 5.88 Å². The predicted octanol–water partition coefficient (Wildman–Crippen LogP) is 3.75. The van der Waals surface area contributed by atoms with Crippen LogP contribution in [0, 0.1) is 0 Å². The second kappa shape index (κ2) is 7.50. The fraction of sp³-hybridized carbons (Fsp3) is 0.500. The van der Waals surface area contributed by atoms with Gasteiger partial charge in [-0.25, -0.2) is 9.97 Å². The van der Waals surface area contributed by atoms with Crippen LogP contribution < -0.4 is 10.1 Å². The maximum absolute atomic E-state index is 12.7. The average molecular weight is 393 g/mol. The van der Waals surface area contributed by atoms with Gasteiger partial charge in [-0.05, 0) is 37.9 Å². The van der Waals surface area contributed by atoms with Crippen molar-refractivity contribution in [2.45, 2.75) is 45.3 Å². The zero-order valence-corrected chi connectivity index (χ0v) is 16.2. The Hall–Kier alpha value is -1.70. The number of pyridine rings is 1. The van der Waals surface area contributed by atoms with Crippen molar-refractivity contribution in [3.8, 4) is 5.88 Å². The molecule has 8 heteroatoms. The highest BCUT2D eigenvalue weighted by molar-refractivity contribution is 7.15. The van der Waals surface area contributed by atoms with Gasteiger partial charge in [-0.1, -0.05) is 18.5 Å². The number of rotatable bonds is 5. The average Bonchev–Trinajstić information content (AvgIpc) is 2.99. The molecule has 0 spiro atoms. The number of hydrogen-bond acceptors (Lipinski definition) is 6. The highest BCUT2D eigenvalue weighted by Gasteiger charge is 2.25. The van der Waals surface area contributed by atoms with E-state index in [0.29, 0.717) is 21.7 Å². The molecule has 0 radical (unpaired) electrons. The van der Waals surface area contributed by atoms with Crippen molar-refractivity contribution >= 4 is 34.0 Å². The number of fused-ring (bicyclic) bond motifs is 1. The third-order valence-corrected chi connectivity index (χ3v) is 6.09. The second-order valence-electron chi connectivity index (χ2n) is 6.62. The van der Waals surface area contributed by atoms with Gasteiger partial charge in [0, 0.05) is 24.4 Å². The van der Waals surface area contributed by atoms with E-state index in [0.717, 1.165) is 51.0 Å². The lowest BCUT2D eigenvalue weighted by molar-refractivity contribution is 0.0979. The number of aromatic nitrogens is 2. The zero-order chi connectivity index (χ0) is 18.1. The van der Waals surface area contributed by atoms with Crippen LogP contribution >= 0.6 is 22.9 Å². The Bertz CT molecular complexity index is 822. The quantitative estimate of drug-likeness (QED) is 0.785. The summed E-state index contributed by atoms with van der Waals surface area (Å²) in [6, 6.07) is 3.26. The van der Waals surface area contributed by atoms with Crippen molar-refractivity contribution in [1.82, 2.24) is 14.9 Å². The Balaban J connectivity index is 1.51. The Kier molecular flexibility index (Phi) is 5.11.